The lowest BCUT2D eigenvalue weighted by molar-refractivity contribution is 0.292. The highest BCUT2D eigenvalue weighted by molar-refractivity contribution is 9.10. The second kappa shape index (κ2) is 4.16. The highest BCUT2D eigenvalue weighted by Crippen LogP contribution is 2.29. The van der Waals surface area contributed by atoms with Crippen LogP contribution in [0, 0.1) is 0 Å². The van der Waals surface area contributed by atoms with Crippen LogP contribution >= 0.6 is 27.3 Å². The molecule has 1 rings (SSSR count). The van der Waals surface area contributed by atoms with Gasteiger partial charge in [0.1, 0.15) is 4.21 Å². The highest BCUT2D eigenvalue weighted by atomic mass is 79.9. The molecule has 6 heteroatoms. The maximum absolute atomic E-state index is 12.1. The minimum atomic E-state index is -3.35. The Morgan fingerprint density at radius 3 is 2.27 bits per heavy atom. The molecule has 0 spiro atoms. The Hall–Kier alpha value is 0.0900. The number of hydrogen-bond acceptors (Lipinski definition) is 3. The Labute approximate surface area is 103 Å². The molecule has 0 aliphatic rings. The van der Waals surface area contributed by atoms with E-state index in [1.54, 1.807) is 18.5 Å². The van der Waals surface area contributed by atoms with Crippen LogP contribution in [-0.4, -0.2) is 25.3 Å². The second-order valence-electron chi connectivity index (χ2n) is 4.23. The molecule has 0 fully saturated rings. The van der Waals surface area contributed by atoms with Gasteiger partial charge in [-0.1, -0.05) is 0 Å². The molecule has 0 radical (unpaired) electrons. The molecule has 0 amide bonds. The van der Waals surface area contributed by atoms with E-state index < -0.39 is 15.6 Å². The van der Waals surface area contributed by atoms with E-state index in [0.717, 1.165) is 4.47 Å². The summed E-state index contributed by atoms with van der Waals surface area (Å²) in [6.45, 7) is 5.60. The normalized spacial score (nSPS) is 13.5. The third-order valence-electron chi connectivity index (χ3n) is 2.10. The average Bonchev–Trinajstić information content (AvgIpc) is 2.49. The van der Waals surface area contributed by atoms with Gasteiger partial charge in [-0.15, -0.1) is 11.3 Å². The monoisotopic (exact) mass is 311 g/mol. The second-order valence-corrected chi connectivity index (χ2v) is 8.25. The van der Waals surface area contributed by atoms with Gasteiger partial charge in [-0.3, -0.25) is 0 Å². The first-order valence-electron chi connectivity index (χ1n) is 4.39. The van der Waals surface area contributed by atoms with Crippen molar-refractivity contribution in [1.82, 2.24) is 4.31 Å². The number of nitrogens with zero attached hydrogens (tertiary/aromatic N) is 1. The SMILES string of the molecule is CN(C(C)(C)C)S(=O)(=O)c1cc(Br)cs1. The number of rotatable bonds is 2. The molecule has 3 nitrogen and oxygen atoms in total. The van der Waals surface area contributed by atoms with Crippen LogP contribution in [0.4, 0.5) is 0 Å². The van der Waals surface area contributed by atoms with Crippen LogP contribution in [0.25, 0.3) is 0 Å². The summed E-state index contributed by atoms with van der Waals surface area (Å²) in [5.41, 5.74) is -0.407. The van der Waals surface area contributed by atoms with Gasteiger partial charge >= 0.3 is 0 Å². The largest absolute Gasteiger partial charge is 0.252 e. The lowest BCUT2D eigenvalue weighted by Crippen LogP contribution is -2.42. The molecule has 86 valence electrons. The average molecular weight is 312 g/mol. The molecule has 1 aromatic heterocycles. The zero-order valence-corrected chi connectivity index (χ0v) is 12.3. The minimum absolute atomic E-state index is 0.367. The molecule has 1 aromatic rings. The molecule has 0 aliphatic heterocycles. The van der Waals surface area contributed by atoms with E-state index in [4.69, 9.17) is 0 Å². The standard InChI is InChI=1S/C9H14BrNO2S2/c1-9(2,3)11(4)15(12,13)8-5-7(10)6-14-8/h5-6H,1-4H3. The number of halogens is 1. The summed E-state index contributed by atoms with van der Waals surface area (Å²) < 4.78 is 26.8. The van der Waals surface area contributed by atoms with E-state index >= 15 is 0 Å². The molecule has 0 aromatic carbocycles. The minimum Gasteiger partial charge on any atom is -0.206 e. The topological polar surface area (TPSA) is 37.4 Å². The summed E-state index contributed by atoms with van der Waals surface area (Å²) in [5, 5.41) is 1.77. The van der Waals surface area contributed by atoms with Gasteiger partial charge in [0.15, 0.2) is 0 Å². The van der Waals surface area contributed by atoms with Gasteiger partial charge in [-0.25, -0.2) is 8.42 Å². The summed E-state index contributed by atoms with van der Waals surface area (Å²) in [6.07, 6.45) is 0. The van der Waals surface area contributed by atoms with Gasteiger partial charge in [0.25, 0.3) is 10.0 Å². The van der Waals surface area contributed by atoms with E-state index in [1.807, 2.05) is 20.8 Å². The van der Waals surface area contributed by atoms with Gasteiger partial charge in [0.05, 0.1) is 0 Å². The predicted molar refractivity (Wildman–Crippen MR) is 66.7 cm³/mol. The Morgan fingerprint density at radius 2 is 1.93 bits per heavy atom. The zero-order valence-electron chi connectivity index (χ0n) is 9.11. The molecular formula is C9H14BrNO2S2. The molecule has 1 heterocycles. The maximum atomic E-state index is 12.1. The highest BCUT2D eigenvalue weighted by Gasteiger charge is 2.31. The van der Waals surface area contributed by atoms with Crippen molar-refractivity contribution in [3.8, 4) is 0 Å². The Bertz CT molecular complexity index is 445. The maximum Gasteiger partial charge on any atom is 0.252 e. The van der Waals surface area contributed by atoms with Gasteiger partial charge in [0.2, 0.25) is 0 Å². The lowest BCUT2D eigenvalue weighted by atomic mass is 10.1. The van der Waals surface area contributed by atoms with Crippen molar-refractivity contribution in [2.75, 3.05) is 7.05 Å². The lowest BCUT2D eigenvalue weighted by Gasteiger charge is -2.30. The summed E-state index contributed by atoms with van der Waals surface area (Å²) in [6, 6.07) is 1.63. The third-order valence-corrected chi connectivity index (χ3v) is 6.40. The molecule has 0 atom stereocenters. The van der Waals surface area contributed by atoms with Gasteiger partial charge in [-0.05, 0) is 42.8 Å². The van der Waals surface area contributed by atoms with Crippen LogP contribution in [0.15, 0.2) is 20.1 Å². The Morgan fingerprint density at radius 1 is 1.40 bits per heavy atom. The van der Waals surface area contributed by atoms with E-state index in [2.05, 4.69) is 15.9 Å². The van der Waals surface area contributed by atoms with Crippen LogP contribution in [0.2, 0.25) is 0 Å². The quantitative estimate of drug-likeness (QED) is 0.842. The Balaban J connectivity index is 3.15. The number of sulfonamides is 1. The van der Waals surface area contributed by atoms with Crippen molar-refractivity contribution >= 4 is 37.3 Å². The van der Waals surface area contributed by atoms with E-state index in [9.17, 15) is 8.42 Å². The summed E-state index contributed by atoms with van der Waals surface area (Å²) in [4.78, 5) is 0. The molecule has 0 bridgehead atoms. The fourth-order valence-electron chi connectivity index (χ4n) is 0.926. The van der Waals surface area contributed by atoms with Gasteiger partial charge in [-0.2, -0.15) is 4.31 Å². The van der Waals surface area contributed by atoms with Crippen LogP contribution in [-0.2, 0) is 10.0 Å². The number of hydrogen-bond donors (Lipinski definition) is 0. The number of thiophene rings is 1. The van der Waals surface area contributed by atoms with Crippen molar-refractivity contribution in [3.05, 3.63) is 15.9 Å². The molecule has 0 N–H and O–H groups in total. The van der Waals surface area contributed by atoms with Crippen LogP contribution in [0.5, 0.6) is 0 Å². The van der Waals surface area contributed by atoms with Crippen LogP contribution in [0.1, 0.15) is 20.8 Å². The third kappa shape index (κ3) is 2.81. The fraction of sp³-hybridized carbons (Fsp3) is 0.556. The van der Waals surface area contributed by atoms with E-state index in [1.165, 1.54) is 15.6 Å². The molecule has 0 aliphatic carbocycles. The van der Waals surface area contributed by atoms with Gasteiger partial charge < -0.3 is 0 Å². The molecule has 0 unspecified atom stereocenters. The first-order chi connectivity index (χ1) is 6.65. The first kappa shape index (κ1) is 13.2. The van der Waals surface area contributed by atoms with Crippen molar-refractivity contribution in [1.29, 1.82) is 0 Å². The first-order valence-corrected chi connectivity index (χ1v) is 7.50. The van der Waals surface area contributed by atoms with Crippen LogP contribution < -0.4 is 0 Å². The zero-order chi connectivity index (χ0) is 11.9. The van der Waals surface area contributed by atoms with Gasteiger partial charge in [0, 0.05) is 22.4 Å². The van der Waals surface area contributed by atoms with Crippen molar-refractivity contribution < 1.29 is 8.42 Å². The van der Waals surface area contributed by atoms with E-state index in [0.29, 0.717) is 4.21 Å². The predicted octanol–water partition coefficient (Wildman–Crippen LogP) is 2.93. The fourth-order valence-corrected chi connectivity index (χ4v) is 4.46. The summed E-state index contributed by atoms with van der Waals surface area (Å²) in [7, 11) is -1.75. The van der Waals surface area contributed by atoms with Crippen LogP contribution in [0.3, 0.4) is 0 Å². The summed E-state index contributed by atoms with van der Waals surface area (Å²) >= 11 is 4.48. The molecule has 15 heavy (non-hydrogen) atoms. The molecule has 0 saturated heterocycles. The molecule has 0 saturated carbocycles. The van der Waals surface area contributed by atoms with Crippen molar-refractivity contribution in [2.45, 2.75) is 30.5 Å². The molecular weight excluding hydrogens is 298 g/mol. The smallest absolute Gasteiger partial charge is 0.206 e. The van der Waals surface area contributed by atoms with E-state index in [-0.39, 0.29) is 0 Å². The van der Waals surface area contributed by atoms with Crippen molar-refractivity contribution in [3.63, 3.8) is 0 Å². The van der Waals surface area contributed by atoms with Crippen molar-refractivity contribution in [2.24, 2.45) is 0 Å². The Kier molecular flexibility index (Phi) is 3.65. The summed E-state index contributed by atoms with van der Waals surface area (Å²) in [5.74, 6) is 0.